The van der Waals surface area contributed by atoms with Crippen LogP contribution in [0.4, 0.5) is 5.69 Å². The first-order chi connectivity index (χ1) is 14.2. The Hall–Kier alpha value is -4.13. The number of ether oxygens (including phenoxy) is 2. The fraction of sp³-hybridized carbons (Fsp3) is 0.0455. The second-order valence-corrected chi connectivity index (χ2v) is 6.01. The summed E-state index contributed by atoms with van der Waals surface area (Å²) in [6.07, 6.45) is 0. The minimum absolute atomic E-state index is 0.143. The van der Waals surface area contributed by atoms with Crippen molar-refractivity contribution in [3.63, 3.8) is 0 Å². The van der Waals surface area contributed by atoms with Crippen LogP contribution in [0.15, 0.2) is 83.3 Å². The molecule has 0 radical (unpaired) electrons. The Balaban J connectivity index is 1.44. The van der Waals surface area contributed by atoms with E-state index in [0.29, 0.717) is 22.7 Å². The second-order valence-electron chi connectivity index (χ2n) is 6.01. The molecule has 0 aliphatic carbocycles. The molecule has 7 nitrogen and oxygen atoms in total. The largest absolute Gasteiger partial charge is 0.496 e. The first kappa shape index (κ1) is 18.2. The van der Waals surface area contributed by atoms with Crippen molar-refractivity contribution in [3.8, 4) is 28.7 Å². The fourth-order valence-corrected chi connectivity index (χ4v) is 2.66. The minimum Gasteiger partial charge on any atom is -0.496 e. The maximum atomic E-state index is 12.4. The van der Waals surface area contributed by atoms with Crippen molar-refractivity contribution >= 4 is 11.6 Å². The molecule has 1 N–H and O–H groups in total. The molecule has 1 heterocycles. The third-order valence-corrected chi connectivity index (χ3v) is 4.05. The standard InChI is InChI=1S/C22H17N3O4/c1-27-19-10-6-5-9-18(19)21-24-25-22(29-21)20(26)23-15-11-13-17(14-12-15)28-16-7-3-2-4-8-16/h2-14H,1H3,(H,23,26). The molecule has 0 unspecified atom stereocenters. The quantitative estimate of drug-likeness (QED) is 0.512. The van der Waals surface area contributed by atoms with E-state index in [1.165, 1.54) is 0 Å². The molecule has 4 rings (SSSR count). The number of para-hydroxylation sites is 2. The van der Waals surface area contributed by atoms with Gasteiger partial charge in [-0.1, -0.05) is 30.3 Å². The van der Waals surface area contributed by atoms with Gasteiger partial charge in [0.25, 0.3) is 5.89 Å². The molecule has 0 aliphatic heterocycles. The highest BCUT2D eigenvalue weighted by atomic mass is 16.5. The number of rotatable bonds is 6. The summed E-state index contributed by atoms with van der Waals surface area (Å²) in [4.78, 5) is 12.4. The lowest BCUT2D eigenvalue weighted by molar-refractivity contribution is 0.0991. The molecule has 0 atom stereocenters. The number of carbonyl (C=O) groups excluding carboxylic acids is 1. The summed E-state index contributed by atoms with van der Waals surface area (Å²) in [5.41, 5.74) is 1.19. The molecule has 144 valence electrons. The third-order valence-electron chi connectivity index (χ3n) is 4.05. The van der Waals surface area contributed by atoms with E-state index in [1.54, 1.807) is 43.5 Å². The maximum absolute atomic E-state index is 12.4. The van der Waals surface area contributed by atoms with Gasteiger partial charge < -0.3 is 19.2 Å². The van der Waals surface area contributed by atoms with E-state index < -0.39 is 5.91 Å². The smallest absolute Gasteiger partial charge is 0.313 e. The van der Waals surface area contributed by atoms with Crippen LogP contribution in [0.1, 0.15) is 10.7 Å². The molecule has 0 fully saturated rings. The Labute approximate surface area is 166 Å². The van der Waals surface area contributed by atoms with Crippen molar-refractivity contribution in [1.29, 1.82) is 0 Å². The van der Waals surface area contributed by atoms with Gasteiger partial charge in [-0.3, -0.25) is 4.79 Å². The van der Waals surface area contributed by atoms with Crippen LogP contribution in [-0.4, -0.2) is 23.2 Å². The van der Waals surface area contributed by atoms with Crippen molar-refractivity contribution < 1.29 is 18.7 Å². The number of benzene rings is 3. The van der Waals surface area contributed by atoms with E-state index in [0.717, 1.165) is 5.75 Å². The van der Waals surface area contributed by atoms with Crippen molar-refractivity contribution in [2.75, 3.05) is 12.4 Å². The number of aromatic nitrogens is 2. The number of nitrogens with one attached hydrogen (secondary N) is 1. The van der Waals surface area contributed by atoms with Gasteiger partial charge in [-0.05, 0) is 48.5 Å². The van der Waals surface area contributed by atoms with E-state index >= 15 is 0 Å². The molecule has 0 spiro atoms. The zero-order valence-corrected chi connectivity index (χ0v) is 15.5. The number of hydrogen-bond acceptors (Lipinski definition) is 6. The minimum atomic E-state index is -0.504. The molecule has 4 aromatic rings. The molecular weight excluding hydrogens is 370 g/mol. The Morgan fingerprint density at radius 1 is 0.862 bits per heavy atom. The summed E-state index contributed by atoms with van der Waals surface area (Å²) in [6.45, 7) is 0. The van der Waals surface area contributed by atoms with Crippen LogP contribution in [0.3, 0.4) is 0 Å². The number of amides is 1. The molecule has 7 heteroatoms. The van der Waals surface area contributed by atoms with Gasteiger partial charge in [-0.25, -0.2) is 0 Å². The lowest BCUT2D eigenvalue weighted by Gasteiger charge is -2.07. The number of hydrogen-bond donors (Lipinski definition) is 1. The SMILES string of the molecule is COc1ccccc1-c1nnc(C(=O)Nc2ccc(Oc3ccccc3)cc2)o1. The molecule has 3 aromatic carbocycles. The highest BCUT2D eigenvalue weighted by molar-refractivity contribution is 6.01. The highest BCUT2D eigenvalue weighted by Gasteiger charge is 2.18. The Kier molecular flexibility index (Phi) is 5.20. The lowest BCUT2D eigenvalue weighted by Crippen LogP contribution is -2.12. The Morgan fingerprint density at radius 2 is 1.55 bits per heavy atom. The third kappa shape index (κ3) is 4.24. The fourth-order valence-electron chi connectivity index (χ4n) is 2.66. The predicted molar refractivity (Wildman–Crippen MR) is 107 cm³/mol. The molecule has 1 amide bonds. The number of nitrogens with zero attached hydrogens (tertiary/aromatic N) is 2. The summed E-state index contributed by atoms with van der Waals surface area (Å²) in [7, 11) is 1.55. The monoisotopic (exact) mass is 387 g/mol. The zero-order chi connectivity index (χ0) is 20.1. The van der Waals surface area contributed by atoms with Crippen LogP contribution < -0.4 is 14.8 Å². The average molecular weight is 387 g/mol. The van der Waals surface area contributed by atoms with Crippen LogP contribution in [0.2, 0.25) is 0 Å². The Bertz CT molecular complexity index is 1110. The van der Waals surface area contributed by atoms with Gasteiger partial charge in [0.05, 0.1) is 12.7 Å². The molecule has 0 aliphatic rings. The molecular formula is C22H17N3O4. The van der Waals surface area contributed by atoms with Gasteiger partial charge in [-0.15, -0.1) is 10.2 Å². The second kappa shape index (κ2) is 8.26. The van der Waals surface area contributed by atoms with E-state index in [9.17, 15) is 4.79 Å². The lowest BCUT2D eigenvalue weighted by atomic mass is 10.2. The molecule has 29 heavy (non-hydrogen) atoms. The van der Waals surface area contributed by atoms with Gasteiger partial charge >= 0.3 is 11.8 Å². The van der Waals surface area contributed by atoms with Gasteiger partial charge in [-0.2, -0.15) is 0 Å². The Morgan fingerprint density at radius 3 is 2.31 bits per heavy atom. The van der Waals surface area contributed by atoms with Crippen LogP contribution in [0.25, 0.3) is 11.5 Å². The van der Waals surface area contributed by atoms with Crippen LogP contribution in [-0.2, 0) is 0 Å². The van der Waals surface area contributed by atoms with Crippen molar-refractivity contribution in [2.45, 2.75) is 0 Å². The summed E-state index contributed by atoms with van der Waals surface area (Å²) in [5.74, 6) is 1.53. The van der Waals surface area contributed by atoms with Crippen LogP contribution >= 0.6 is 0 Å². The van der Waals surface area contributed by atoms with Crippen LogP contribution in [0.5, 0.6) is 17.2 Å². The molecule has 0 bridgehead atoms. The summed E-state index contributed by atoms with van der Waals surface area (Å²) < 4.78 is 16.5. The van der Waals surface area contributed by atoms with Crippen molar-refractivity contribution in [3.05, 3.63) is 84.8 Å². The normalized spacial score (nSPS) is 10.4. The van der Waals surface area contributed by atoms with E-state index in [4.69, 9.17) is 13.9 Å². The van der Waals surface area contributed by atoms with E-state index in [-0.39, 0.29) is 11.8 Å². The molecule has 0 saturated carbocycles. The molecule has 0 saturated heterocycles. The predicted octanol–water partition coefficient (Wildman–Crippen LogP) is 4.79. The highest BCUT2D eigenvalue weighted by Crippen LogP contribution is 2.28. The summed E-state index contributed by atoms with van der Waals surface area (Å²) >= 11 is 0. The number of anilines is 1. The van der Waals surface area contributed by atoms with Gasteiger partial charge in [0.15, 0.2) is 0 Å². The first-order valence-electron chi connectivity index (χ1n) is 8.84. The maximum Gasteiger partial charge on any atom is 0.313 e. The number of methoxy groups -OCH3 is 1. The van der Waals surface area contributed by atoms with Gasteiger partial charge in [0.1, 0.15) is 17.2 Å². The average Bonchev–Trinajstić information content (AvgIpc) is 3.26. The first-order valence-corrected chi connectivity index (χ1v) is 8.84. The van der Waals surface area contributed by atoms with E-state index in [2.05, 4.69) is 15.5 Å². The van der Waals surface area contributed by atoms with Gasteiger partial charge in [0, 0.05) is 5.69 Å². The summed E-state index contributed by atoms with van der Waals surface area (Å²) in [5, 5.41) is 10.5. The van der Waals surface area contributed by atoms with Gasteiger partial charge in [0.2, 0.25) is 0 Å². The number of carbonyl (C=O) groups is 1. The van der Waals surface area contributed by atoms with E-state index in [1.807, 2.05) is 42.5 Å². The summed E-state index contributed by atoms with van der Waals surface area (Å²) in [6, 6.07) is 23.6. The van der Waals surface area contributed by atoms with Crippen molar-refractivity contribution in [1.82, 2.24) is 10.2 Å². The molecule has 1 aromatic heterocycles. The van der Waals surface area contributed by atoms with Crippen molar-refractivity contribution in [2.24, 2.45) is 0 Å². The zero-order valence-electron chi connectivity index (χ0n) is 15.5. The topological polar surface area (TPSA) is 86.5 Å². The van der Waals surface area contributed by atoms with Crippen LogP contribution in [0, 0.1) is 0 Å².